The highest BCUT2D eigenvalue weighted by Gasteiger charge is 2.25. The minimum Gasteiger partial charge on any atom is -0.345 e. The number of amides is 3. The Hall–Kier alpha value is -6.17. The molecule has 3 aromatic carbocycles. The largest absolute Gasteiger partial charge is 0.345 e. The highest BCUT2D eigenvalue weighted by Crippen LogP contribution is 2.35. The van der Waals surface area contributed by atoms with Gasteiger partial charge in [0.1, 0.15) is 5.56 Å². The molecule has 0 aliphatic carbocycles. The van der Waals surface area contributed by atoms with Crippen molar-refractivity contribution in [3.8, 4) is 0 Å². The number of nitrogens with zero attached hydrogens (tertiary/aromatic N) is 2. The summed E-state index contributed by atoms with van der Waals surface area (Å²) in [6, 6.07) is 17.3. The molecule has 0 fully saturated rings. The lowest BCUT2D eigenvalue weighted by Crippen LogP contribution is -2.29. The number of anilines is 3. The highest BCUT2D eigenvalue weighted by molar-refractivity contribution is 6.35. The number of aromatic amines is 1. The first-order chi connectivity index (χ1) is 21.2. The Morgan fingerprint density at radius 1 is 0.886 bits per heavy atom. The molecule has 3 amide bonds. The van der Waals surface area contributed by atoms with Crippen molar-refractivity contribution in [3.05, 3.63) is 141 Å². The summed E-state index contributed by atoms with van der Waals surface area (Å²) in [4.78, 5) is 58.5. The van der Waals surface area contributed by atoms with Gasteiger partial charge in [0.15, 0.2) is 11.6 Å². The van der Waals surface area contributed by atoms with Crippen molar-refractivity contribution in [1.29, 1.82) is 0 Å². The van der Waals surface area contributed by atoms with Crippen LogP contribution < -0.4 is 21.5 Å². The maximum absolute atomic E-state index is 13.6. The second kappa shape index (κ2) is 11.6. The van der Waals surface area contributed by atoms with E-state index in [9.17, 15) is 28.0 Å². The third-order valence-electron chi connectivity index (χ3n) is 6.86. The van der Waals surface area contributed by atoms with E-state index in [0.717, 1.165) is 12.1 Å². The first-order valence-electron chi connectivity index (χ1n) is 13.3. The lowest BCUT2D eigenvalue weighted by molar-refractivity contribution is -0.110. The molecule has 0 bridgehead atoms. The molecule has 0 radical (unpaired) electrons. The zero-order valence-corrected chi connectivity index (χ0v) is 22.7. The number of hydrogen-bond acceptors (Lipinski definition) is 5. The topological polar surface area (TPSA) is 138 Å². The van der Waals surface area contributed by atoms with Gasteiger partial charge in [-0.2, -0.15) is 0 Å². The van der Waals surface area contributed by atoms with Gasteiger partial charge in [-0.3, -0.25) is 19.2 Å². The van der Waals surface area contributed by atoms with Gasteiger partial charge < -0.3 is 25.5 Å². The van der Waals surface area contributed by atoms with Crippen LogP contribution in [0.4, 0.5) is 25.8 Å². The van der Waals surface area contributed by atoms with Gasteiger partial charge in [0.2, 0.25) is 0 Å². The molecule has 1 aliphatic heterocycles. The number of rotatable bonds is 7. The van der Waals surface area contributed by atoms with Crippen molar-refractivity contribution < 1.29 is 23.2 Å². The van der Waals surface area contributed by atoms with Gasteiger partial charge in [0.05, 0.1) is 30.3 Å². The number of carbonyl (C=O) groups excluding carboxylic acids is 3. The molecule has 0 saturated carbocycles. The normalized spacial score (nSPS) is 13.0. The van der Waals surface area contributed by atoms with E-state index in [-0.39, 0.29) is 29.3 Å². The molecule has 0 atom stereocenters. The second-order valence-electron chi connectivity index (χ2n) is 9.87. The van der Waals surface area contributed by atoms with Crippen LogP contribution in [0.1, 0.15) is 37.5 Å². The maximum Gasteiger partial charge on any atom is 0.263 e. The molecular weight excluding hydrogens is 570 g/mol. The summed E-state index contributed by atoms with van der Waals surface area (Å²) < 4.78 is 28.1. The number of carbonyl (C=O) groups is 3. The van der Waals surface area contributed by atoms with E-state index in [1.165, 1.54) is 41.4 Å². The van der Waals surface area contributed by atoms with Crippen molar-refractivity contribution in [3.63, 3.8) is 0 Å². The Balaban J connectivity index is 1.16. The lowest BCUT2D eigenvalue weighted by Gasteiger charge is -2.11. The van der Waals surface area contributed by atoms with E-state index in [1.54, 1.807) is 48.7 Å². The number of fused-ring (bicyclic) bond motifs is 1. The van der Waals surface area contributed by atoms with E-state index in [4.69, 9.17) is 0 Å². The molecule has 3 heterocycles. The van der Waals surface area contributed by atoms with Crippen LogP contribution in [0.2, 0.25) is 0 Å². The van der Waals surface area contributed by atoms with Gasteiger partial charge in [-0.25, -0.2) is 13.8 Å². The average Bonchev–Trinajstić information content (AvgIpc) is 3.64. The Bertz CT molecular complexity index is 2040. The molecule has 10 nitrogen and oxygen atoms in total. The molecule has 0 spiro atoms. The van der Waals surface area contributed by atoms with Gasteiger partial charge >= 0.3 is 0 Å². The zero-order chi connectivity index (χ0) is 30.8. The number of pyridine rings is 1. The van der Waals surface area contributed by atoms with Crippen LogP contribution in [0.15, 0.2) is 96.3 Å². The summed E-state index contributed by atoms with van der Waals surface area (Å²) in [5.74, 6) is -3.50. The summed E-state index contributed by atoms with van der Waals surface area (Å²) >= 11 is 0. The molecule has 6 rings (SSSR count). The van der Waals surface area contributed by atoms with Crippen LogP contribution in [0.5, 0.6) is 0 Å². The van der Waals surface area contributed by atoms with Crippen LogP contribution in [0.25, 0.3) is 11.6 Å². The van der Waals surface area contributed by atoms with E-state index in [1.807, 2.05) is 0 Å². The molecule has 4 N–H and O–H groups in total. The molecule has 5 aromatic rings. The Morgan fingerprint density at radius 2 is 1.70 bits per heavy atom. The molecule has 0 unspecified atom stereocenters. The summed E-state index contributed by atoms with van der Waals surface area (Å²) in [5.41, 5.74) is 2.76. The monoisotopic (exact) mass is 592 g/mol. The van der Waals surface area contributed by atoms with E-state index < -0.39 is 29.0 Å². The standard InChI is InChI=1S/C32H22F2N6O4/c33-26-8-6-18(11-27(26)34)16-40-10-2-5-23(32(40)44)30(42)38-20-4-1-3-19(12-20)29(41)37-21-7-9-28-24(13-21)25(31(43)39-28)14-22-15-35-17-36-22/h1-15,17H,16H2,(H,35,36)(H,37,41)(H,38,42)(H,39,43). The van der Waals surface area contributed by atoms with Gasteiger partial charge in [-0.05, 0) is 72.3 Å². The Morgan fingerprint density at radius 3 is 2.50 bits per heavy atom. The Kier molecular flexibility index (Phi) is 7.38. The van der Waals surface area contributed by atoms with E-state index >= 15 is 0 Å². The van der Waals surface area contributed by atoms with Gasteiger partial charge in [0.25, 0.3) is 23.3 Å². The minimum atomic E-state index is -1.04. The molecular formula is C32H22F2N6O4. The van der Waals surface area contributed by atoms with Crippen molar-refractivity contribution in [1.82, 2.24) is 14.5 Å². The Labute approximate surface area is 248 Å². The number of nitrogens with one attached hydrogen (secondary N) is 4. The SMILES string of the molecule is O=C1Nc2ccc(NC(=O)c3cccc(NC(=O)c4cccn(Cc5ccc(F)c(F)c5)c4=O)c3)cc2C1=Cc1cnc[nH]1. The number of halogens is 2. The van der Waals surface area contributed by atoms with Crippen LogP contribution in [-0.2, 0) is 11.3 Å². The summed E-state index contributed by atoms with van der Waals surface area (Å²) in [7, 11) is 0. The smallest absolute Gasteiger partial charge is 0.263 e. The van der Waals surface area contributed by atoms with Crippen molar-refractivity contribution in [2.45, 2.75) is 6.54 Å². The van der Waals surface area contributed by atoms with Crippen LogP contribution in [-0.4, -0.2) is 32.3 Å². The molecule has 44 heavy (non-hydrogen) atoms. The first-order valence-corrected chi connectivity index (χ1v) is 13.3. The quantitative estimate of drug-likeness (QED) is 0.199. The zero-order valence-electron chi connectivity index (χ0n) is 22.7. The molecule has 1 aliphatic rings. The summed E-state index contributed by atoms with van der Waals surface area (Å²) in [6.45, 7) is -0.0693. The predicted octanol–water partition coefficient (Wildman–Crippen LogP) is 4.90. The fourth-order valence-electron chi connectivity index (χ4n) is 4.72. The third kappa shape index (κ3) is 5.77. The van der Waals surface area contributed by atoms with Gasteiger partial charge in [-0.15, -0.1) is 0 Å². The second-order valence-corrected chi connectivity index (χ2v) is 9.87. The van der Waals surface area contributed by atoms with Crippen molar-refractivity contribution in [2.24, 2.45) is 0 Å². The number of imidazole rings is 1. The number of benzene rings is 3. The van der Waals surface area contributed by atoms with Gasteiger partial charge in [-0.1, -0.05) is 12.1 Å². The van der Waals surface area contributed by atoms with Crippen molar-refractivity contribution >= 4 is 46.4 Å². The molecule has 0 saturated heterocycles. The molecule has 12 heteroatoms. The van der Waals surface area contributed by atoms with Crippen molar-refractivity contribution in [2.75, 3.05) is 16.0 Å². The van der Waals surface area contributed by atoms with E-state index in [2.05, 4.69) is 25.9 Å². The van der Waals surface area contributed by atoms with Gasteiger partial charge in [0, 0.05) is 34.4 Å². The predicted molar refractivity (Wildman–Crippen MR) is 160 cm³/mol. The first kappa shape index (κ1) is 28.0. The van der Waals surface area contributed by atoms with E-state index in [0.29, 0.717) is 33.8 Å². The van der Waals surface area contributed by atoms with Crippen LogP contribution >= 0.6 is 0 Å². The number of H-pyrrole nitrogens is 1. The highest BCUT2D eigenvalue weighted by atomic mass is 19.2. The minimum absolute atomic E-state index is 0.0693. The summed E-state index contributed by atoms with van der Waals surface area (Å²) in [5, 5.41) is 8.22. The number of hydrogen-bond donors (Lipinski definition) is 4. The molecule has 2 aromatic heterocycles. The lowest BCUT2D eigenvalue weighted by atomic mass is 10.1. The maximum atomic E-state index is 13.6. The fourth-order valence-corrected chi connectivity index (χ4v) is 4.72. The third-order valence-corrected chi connectivity index (χ3v) is 6.86. The average molecular weight is 593 g/mol. The number of aromatic nitrogens is 3. The summed E-state index contributed by atoms with van der Waals surface area (Å²) in [6.07, 6.45) is 6.18. The van der Waals surface area contributed by atoms with Crippen LogP contribution in [0, 0.1) is 11.6 Å². The molecule has 218 valence electrons. The fraction of sp³-hybridized carbons (Fsp3) is 0.0312. The van der Waals surface area contributed by atoms with Crippen LogP contribution in [0.3, 0.4) is 0 Å².